The highest BCUT2D eigenvalue weighted by molar-refractivity contribution is 7.99. The molecule has 0 aliphatic rings. The molecule has 1 heterocycles. The minimum absolute atomic E-state index is 0.0825. The lowest BCUT2D eigenvalue weighted by Gasteiger charge is -2.17. The lowest BCUT2D eigenvalue weighted by Crippen LogP contribution is -2.15. The molecular weight excluding hydrogens is 456 g/mol. The standard InChI is InChI=1S/C25H31ClN4O2S/c1-7-30-24(18(6)32-21-12-16(4)23(26)17(5)13-21)28-29-25(30)33-14-22(31)27-20-10-8-19(9-11-20)15(2)3/h8-13,15,18H,7,14H2,1-6H3,(H,27,31). The maximum atomic E-state index is 12.5. The average molecular weight is 487 g/mol. The highest BCUT2D eigenvalue weighted by Gasteiger charge is 2.20. The lowest BCUT2D eigenvalue weighted by molar-refractivity contribution is -0.113. The third-order valence-electron chi connectivity index (χ3n) is 5.34. The summed E-state index contributed by atoms with van der Waals surface area (Å²) in [6.07, 6.45) is -0.305. The summed E-state index contributed by atoms with van der Waals surface area (Å²) >= 11 is 7.63. The molecule has 0 fully saturated rings. The molecule has 6 nitrogen and oxygen atoms in total. The number of thioether (sulfide) groups is 1. The number of aromatic nitrogens is 3. The predicted molar refractivity (Wildman–Crippen MR) is 136 cm³/mol. The van der Waals surface area contributed by atoms with Crippen LogP contribution in [0.2, 0.25) is 5.02 Å². The first-order valence-corrected chi connectivity index (χ1v) is 12.4. The van der Waals surface area contributed by atoms with Crippen LogP contribution in [0.3, 0.4) is 0 Å². The smallest absolute Gasteiger partial charge is 0.234 e. The van der Waals surface area contributed by atoms with Crippen molar-refractivity contribution in [3.8, 4) is 5.75 Å². The summed E-state index contributed by atoms with van der Waals surface area (Å²) < 4.78 is 8.12. The van der Waals surface area contributed by atoms with Crippen molar-refractivity contribution in [2.45, 2.75) is 65.3 Å². The van der Waals surface area contributed by atoms with Gasteiger partial charge in [-0.25, -0.2) is 0 Å². The molecule has 1 unspecified atom stereocenters. The van der Waals surface area contributed by atoms with Crippen LogP contribution in [-0.2, 0) is 11.3 Å². The fourth-order valence-electron chi connectivity index (χ4n) is 3.51. The number of anilines is 1. The van der Waals surface area contributed by atoms with Crippen molar-refractivity contribution >= 4 is 35.0 Å². The van der Waals surface area contributed by atoms with Crippen LogP contribution >= 0.6 is 23.4 Å². The van der Waals surface area contributed by atoms with Crippen LogP contribution in [-0.4, -0.2) is 26.4 Å². The van der Waals surface area contributed by atoms with Crippen molar-refractivity contribution in [1.29, 1.82) is 0 Å². The van der Waals surface area contributed by atoms with E-state index < -0.39 is 0 Å². The van der Waals surface area contributed by atoms with Crippen LogP contribution in [0.25, 0.3) is 0 Å². The van der Waals surface area contributed by atoms with Gasteiger partial charge in [-0.15, -0.1) is 10.2 Å². The first kappa shape index (κ1) is 25.1. The molecule has 1 aromatic heterocycles. The summed E-state index contributed by atoms with van der Waals surface area (Å²) in [6, 6.07) is 11.8. The summed E-state index contributed by atoms with van der Waals surface area (Å²) in [5, 5.41) is 13.0. The molecule has 2 aromatic carbocycles. The van der Waals surface area contributed by atoms with E-state index in [9.17, 15) is 4.79 Å². The Morgan fingerprint density at radius 3 is 2.33 bits per heavy atom. The van der Waals surface area contributed by atoms with E-state index in [1.165, 1.54) is 17.3 Å². The maximum absolute atomic E-state index is 12.5. The molecule has 33 heavy (non-hydrogen) atoms. The number of rotatable bonds is 9. The van der Waals surface area contributed by atoms with E-state index in [-0.39, 0.29) is 17.8 Å². The number of aryl methyl sites for hydroxylation is 2. The summed E-state index contributed by atoms with van der Waals surface area (Å²) in [6.45, 7) is 12.8. The van der Waals surface area contributed by atoms with E-state index in [1.54, 1.807) is 0 Å². The molecule has 0 aliphatic carbocycles. The van der Waals surface area contributed by atoms with Crippen LogP contribution in [0.1, 0.15) is 62.2 Å². The number of nitrogens with zero attached hydrogens (tertiary/aromatic N) is 3. The second-order valence-electron chi connectivity index (χ2n) is 8.33. The predicted octanol–water partition coefficient (Wildman–Crippen LogP) is 6.56. The fraction of sp³-hybridized carbons (Fsp3) is 0.400. The van der Waals surface area contributed by atoms with Gasteiger partial charge in [-0.2, -0.15) is 0 Å². The van der Waals surface area contributed by atoms with Crippen LogP contribution in [0, 0.1) is 13.8 Å². The summed E-state index contributed by atoms with van der Waals surface area (Å²) in [7, 11) is 0. The molecule has 1 amide bonds. The van der Waals surface area contributed by atoms with Gasteiger partial charge in [0.25, 0.3) is 0 Å². The maximum Gasteiger partial charge on any atom is 0.234 e. The topological polar surface area (TPSA) is 69.0 Å². The molecule has 3 rings (SSSR count). The second kappa shape index (κ2) is 11.1. The van der Waals surface area contributed by atoms with Gasteiger partial charge in [-0.05, 0) is 74.6 Å². The molecular formula is C25H31ClN4O2S. The Morgan fingerprint density at radius 2 is 1.76 bits per heavy atom. The molecule has 0 aliphatic heterocycles. The Bertz CT molecular complexity index is 1090. The van der Waals surface area contributed by atoms with E-state index >= 15 is 0 Å². The van der Waals surface area contributed by atoms with E-state index in [2.05, 4.69) is 29.4 Å². The van der Waals surface area contributed by atoms with Crippen molar-refractivity contribution in [3.63, 3.8) is 0 Å². The van der Waals surface area contributed by atoms with Crippen LogP contribution in [0.4, 0.5) is 5.69 Å². The highest BCUT2D eigenvalue weighted by Crippen LogP contribution is 2.30. The van der Waals surface area contributed by atoms with E-state index in [0.29, 0.717) is 17.6 Å². The highest BCUT2D eigenvalue weighted by atomic mass is 35.5. The van der Waals surface area contributed by atoms with Gasteiger partial charge in [0.1, 0.15) is 5.75 Å². The fourth-order valence-corrected chi connectivity index (χ4v) is 4.43. The van der Waals surface area contributed by atoms with Crippen LogP contribution < -0.4 is 10.1 Å². The minimum Gasteiger partial charge on any atom is -0.483 e. The van der Waals surface area contributed by atoms with Crippen molar-refractivity contribution in [1.82, 2.24) is 14.8 Å². The molecule has 8 heteroatoms. The van der Waals surface area contributed by atoms with Crippen molar-refractivity contribution in [3.05, 3.63) is 63.9 Å². The Balaban J connectivity index is 1.63. The summed E-state index contributed by atoms with van der Waals surface area (Å²) in [4.78, 5) is 12.5. The zero-order valence-corrected chi connectivity index (χ0v) is 21.5. The molecule has 0 saturated heterocycles. The Labute approximate surface area is 205 Å². The Hall–Kier alpha value is -2.51. The second-order valence-corrected chi connectivity index (χ2v) is 9.65. The van der Waals surface area contributed by atoms with Gasteiger partial charge >= 0.3 is 0 Å². The molecule has 1 atom stereocenters. The van der Waals surface area contributed by atoms with Gasteiger partial charge in [0.15, 0.2) is 17.1 Å². The van der Waals surface area contributed by atoms with Gasteiger partial charge in [0.2, 0.25) is 5.91 Å². The number of halogens is 1. The number of hydrogen-bond acceptors (Lipinski definition) is 5. The molecule has 0 saturated carbocycles. The number of hydrogen-bond donors (Lipinski definition) is 1. The average Bonchev–Trinajstić information content (AvgIpc) is 3.19. The molecule has 0 spiro atoms. The number of ether oxygens (including phenoxy) is 1. The third-order valence-corrected chi connectivity index (χ3v) is 6.90. The van der Waals surface area contributed by atoms with Crippen LogP contribution in [0.15, 0.2) is 41.6 Å². The molecule has 1 N–H and O–H groups in total. The number of amides is 1. The zero-order valence-electron chi connectivity index (χ0n) is 20.0. The number of nitrogens with one attached hydrogen (secondary N) is 1. The van der Waals surface area contributed by atoms with Gasteiger partial charge < -0.3 is 14.6 Å². The van der Waals surface area contributed by atoms with E-state index in [4.69, 9.17) is 16.3 Å². The SMILES string of the molecule is CCn1c(SCC(=O)Nc2ccc(C(C)C)cc2)nnc1C(C)Oc1cc(C)c(Cl)c(C)c1. The summed E-state index contributed by atoms with van der Waals surface area (Å²) in [5.74, 6) is 2.08. The first-order valence-electron chi connectivity index (χ1n) is 11.1. The zero-order chi connectivity index (χ0) is 24.1. The van der Waals surface area contributed by atoms with Crippen LogP contribution in [0.5, 0.6) is 5.75 Å². The molecule has 3 aromatic rings. The molecule has 176 valence electrons. The van der Waals surface area contributed by atoms with E-state index in [1.807, 2.05) is 68.7 Å². The minimum atomic E-state index is -0.305. The van der Waals surface area contributed by atoms with E-state index in [0.717, 1.165) is 33.4 Å². The number of carbonyl (C=O) groups is 1. The molecule has 0 radical (unpaired) electrons. The Kier molecular flexibility index (Phi) is 8.43. The number of carbonyl (C=O) groups excluding carboxylic acids is 1. The Morgan fingerprint density at radius 1 is 1.12 bits per heavy atom. The van der Waals surface area contributed by atoms with Gasteiger partial charge in [0.05, 0.1) is 5.75 Å². The summed E-state index contributed by atoms with van der Waals surface area (Å²) in [5.41, 5.74) is 3.97. The van der Waals surface area contributed by atoms with Gasteiger partial charge in [-0.3, -0.25) is 4.79 Å². The normalized spacial score (nSPS) is 12.1. The largest absolute Gasteiger partial charge is 0.483 e. The third kappa shape index (κ3) is 6.30. The first-order chi connectivity index (χ1) is 15.7. The quantitative estimate of drug-likeness (QED) is 0.347. The van der Waals surface area contributed by atoms with Crippen molar-refractivity contribution in [2.24, 2.45) is 0 Å². The number of benzene rings is 2. The van der Waals surface area contributed by atoms with Crippen molar-refractivity contribution in [2.75, 3.05) is 11.1 Å². The monoisotopic (exact) mass is 486 g/mol. The molecule has 0 bridgehead atoms. The van der Waals surface area contributed by atoms with Gasteiger partial charge in [-0.1, -0.05) is 49.3 Å². The van der Waals surface area contributed by atoms with Gasteiger partial charge in [0, 0.05) is 17.3 Å². The lowest BCUT2D eigenvalue weighted by atomic mass is 10.0. The van der Waals surface area contributed by atoms with Crippen molar-refractivity contribution < 1.29 is 9.53 Å².